The molecular formula is C84H69ClN5O20S3+. The second-order valence-corrected chi connectivity index (χ2v) is 28.7. The standard InChI is InChI=1S/C26H28N2O7S2.C22H13NO4S.C21H14O4.C15H12N2O5.ClH/c1-5-27(4)17-8-11-20-23(14-17)35-24-15-18(28(6-2)7-3)9-12-21(24)26(20)22-13-10-19(36(29,30)31)16-25(22)37(32,33)34;1-12-2-5-16-19(8-12)27-20-10-14(24)4-7-17(20)21(16)15-6-3-13(23-11-28)9-18(15)22(25)26;1-12-6-8-16-18(10-12)25-19-11-13(22)7-9-17(19)20(16)14-4-2-3-5-15(14)21(23)24;1-17(2)7-3-4-9-11(5-7)22-14-12(16-9)8(15(20)21)6-10(18)13(14)19;/h8-16H,5-7H2,1-4H3,(H-,29,30,31,32,33,34);2-10,24H,1H2,(H,25,26);2-11,22H,1H2,(H,23,24);3-6,19H,1-2H3,(H,20,21);1H/p+1. The highest BCUT2D eigenvalue weighted by Gasteiger charge is 2.32. The number of hydrogen-bond acceptors (Lipinski definition) is 20. The summed E-state index contributed by atoms with van der Waals surface area (Å²) in [7, 11) is -4.22. The van der Waals surface area contributed by atoms with Gasteiger partial charge in [-0.15, -0.1) is 12.4 Å². The highest BCUT2D eigenvalue weighted by Crippen LogP contribution is 2.45. The lowest BCUT2D eigenvalue weighted by atomic mass is 9.89. The predicted octanol–water partition coefficient (Wildman–Crippen LogP) is 11.7. The number of nitrogens with zero attached hydrogens (tertiary/aromatic N) is 4. The maximum absolute atomic E-state index is 12.3. The average Bonchev–Trinajstić information content (AvgIpc) is 0.768. The van der Waals surface area contributed by atoms with Gasteiger partial charge in [0, 0.05) is 136 Å². The molecule has 113 heavy (non-hydrogen) atoms. The SMILES string of the molecule is C=c1ccc2c(c1)Oc1cc(O)ccc1C=2c1ccc(N=C=S)cc1C(=O)O.C=c1ccc2c(c1)Oc1cc(O)ccc1C=2c1ccccc1C(=O)O.CCN(CC)c1ccc2c(-c3ccc(S(=O)(=O)O)cc3S(=O)(=O)[O-])c3ccc(=[N+](C)CC)cc-3oc2c1.CN(C)c1ccc2[nH+]c3c(C(=O)O)cc(=O)c(O)c-3oc2c1.Cl. The number of isothiocyanates is 1. The molecule has 0 fully saturated rings. The molecule has 0 atom stereocenters. The summed E-state index contributed by atoms with van der Waals surface area (Å²) in [5.74, 6) is -1.52. The molecule has 29 heteroatoms. The summed E-state index contributed by atoms with van der Waals surface area (Å²) in [5, 5.41) is 64.8. The Labute approximate surface area is 656 Å². The first-order valence-electron chi connectivity index (χ1n) is 34.2. The van der Waals surface area contributed by atoms with Crippen LogP contribution in [0.15, 0.2) is 223 Å². The van der Waals surface area contributed by atoms with Gasteiger partial charge in [0.05, 0.1) is 37.8 Å². The number of H-pyrrole nitrogens is 1. The molecule has 574 valence electrons. The molecule has 0 saturated carbocycles. The topological polar surface area (TPSA) is 382 Å². The lowest BCUT2D eigenvalue weighted by Crippen LogP contribution is -2.25. The minimum atomic E-state index is -5.13. The molecule has 9 aromatic carbocycles. The third-order valence-corrected chi connectivity index (χ3v) is 20.4. The van der Waals surface area contributed by atoms with Crippen LogP contribution in [-0.2, 0) is 20.2 Å². The number of fused-ring (bicyclic) bond motifs is 8. The van der Waals surface area contributed by atoms with Crippen LogP contribution in [0, 0.1) is 0 Å². The van der Waals surface area contributed by atoms with Crippen molar-refractivity contribution in [3.05, 3.63) is 270 Å². The van der Waals surface area contributed by atoms with Gasteiger partial charge in [0.1, 0.15) is 75.1 Å². The van der Waals surface area contributed by atoms with E-state index in [0.717, 1.165) is 80.5 Å². The van der Waals surface area contributed by atoms with Crippen molar-refractivity contribution in [1.82, 2.24) is 4.58 Å². The first kappa shape index (κ1) is 80.7. The van der Waals surface area contributed by atoms with E-state index in [9.17, 15) is 75.8 Å². The molecule has 2 aliphatic carbocycles. The van der Waals surface area contributed by atoms with Crippen LogP contribution in [0.1, 0.15) is 74.1 Å². The zero-order chi connectivity index (χ0) is 80.5. The number of aromatic amines is 1. The highest BCUT2D eigenvalue weighted by molar-refractivity contribution is 7.86. The van der Waals surface area contributed by atoms with E-state index in [1.165, 1.54) is 30.3 Å². The number of carboxylic acids is 3. The molecule has 0 aromatic heterocycles. The van der Waals surface area contributed by atoms with E-state index in [-0.39, 0.29) is 57.6 Å². The number of anilines is 2. The molecule has 0 amide bonds. The second kappa shape index (κ2) is 32.7. The number of phenolic OH excluding ortho intramolecular Hbond substituents is 3. The van der Waals surface area contributed by atoms with E-state index in [2.05, 4.69) is 45.4 Å². The monoisotopic (exact) mass is 1600 g/mol. The number of aromatic nitrogens is 1. The molecule has 6 aliphatic rings. The summed E-state index contributed by atoms with van der Waals surface area (Å²) in [6.07, 6.45) is 0. The van der Waals surface area contributed by atoms with Gasteiger partial charge in [0.2, 0.25) is 33.4 Å². The Bertz CT molecular complexity index is 6720. The van der Waals surface area contributed by atoms with Gasteiger partial charge in [-0.3, -0.25) is 9.35 Å². The number of halogens is 1. The van der Waals surface area contributed by atoms with Crippen LogP contribution in [0.2, 0.25) is 0 Å². The van der Waals surface area contributed by atoms with Gasteiger partial charge in [0.25, 0.3) is 15.8 Å². The minimum Gasteiger partial charge on any atom is -0.744 e. The van der Waals surface area contributed by atoms with Gasteiger partial charge in [-0.25, -0.2) is 27.4 Å². The van der Waals surface area contributed by atoms with Crippen molar-refractivity contribution in [2.45, 2.75) is 30.6 Å². The zero-order valence-electron chi connectivity index (χ0n) is 60.9. The van der Waals surface area contributed by atoms with Gasteiger partial charge in [0.15, 0.2) is 0 Å². The smallest absolute Gasteiger partial charge is 0.342 e. The molecule has 0 spiro atoms. The van der Waals surface area contributed by atoms with Gasteiger partial charge >= 0.3 is 17.9 Å². The lowest BCUT2D eigenvalue weighted by molar-refractivity contribution is -0.334. The number of ether oxygens (including phenoxy) is 2. The Morgan fingerprint density at radius 3 is 1.71 bits per heavy atom. The summed E-state index contributed by atoms with van der Waals surface area (Å²) in [4.78, 5) is 56.0. The van der Waals surface area contributed by atoms with Crippen LogP contribution in [0.25, 0.3) is 80.3 Å². The van der Waals surface area contributed by atoms with Crippen LogP contribution in [0.5, 0.6) is 40.2 Å². The molecule has 15 rings (SSSR count). The van der Waals surface area contributed by atoms with Crippen molar-refractivity contribution in [1.29, 1.82) is 0 Å². The Morgan fingerprint density at radius 1 is 0.593 bits per heavy atom. The minimum absolute atomic E-state index is 0. The molecule has 0 unspecified atom stereocenters. The molecule has 0 radical (unpaired) electrons. The van der Waals surface area contributed by atoms with E-state index in [1.807, 2.05) is 106 Å². The summed E-state index contributed by atoms with van der Waals surface area (Å²) < 4.78 is 95.6. The van der Waals surface area contributed by atoms with E-state index in [1.54, 1.807) is 91.0 Å². The first-order chi connectivity index (χ1) is 53.3. The van der Waals surface area contributed by atoms with Crippen LogP contribution in [0.4, 0.5) is 17.1 Å². The number of nitrogens with one attached hydrogen (secondary N) is 1. The number of carboxylic acid groups (broad SMARTS) is 3. The third kappa shape index (κ3) is 16.6. The molecule has 4 heterocycles. The van der Waals surface area contributed by atoms with Crippen LogP contribution < -0.4 is 60.5 Å². The molecule has 4 aliphatic heterocycles. The number of rotatable bonds is 14. The molecule has 0 bridgehead atoms. The number of aromatic hydroxyl groups is 3. The largest absolute Gasteiger partial charge is 0.744 e. The zero-order valence-corrected chi connectivity index (χ0v) is 64.1. The Balaban J connectivity index is 0.000000151. The van der Waals surface area contributed by atoms with Crippen molar-refractivity contribution in [3.8, 4) is 74.2 Å². The van der Waals surface area contributed by atoms with Crippen molar-refractivity contribution in [2.24, 2.45) is 4.99 Å². The number of hydrogen-bond donors (Lipinski definition) is 7. The summed E-state index contributed by atoms with van der Waals surface area (Å²) in [6, 6.07) is 52.4. The normalized spacial score (nSPS) is 12.0. The molecule has 0 saturated heterocycles. The predicted molar refractivity (Wildman–Crippen MR) is 431 cm³/mol. The van der Waals surface area contributed by atoms with Crippen molar-refractivity contribution in [2.75, 3.05) is 50.6 Å². The number of phenols is 3. The fraction of sp³-hybridized carbons (Fsp3) is 0.107. The Morgan fingerprint density at radius 2 is 1.15 bits per heavy atom. The fourth-order valence-electron chi connectivity index (χ4n) is 13.0. The lowest BCUT2D eigenvalue weighted by Gasteiger charge is -2.23. The second-order valence-electron chi connectivity index (χ2n) is 25.8. The quantitative estimate of drug-likeness (QED) is 0.0175. The maximum atomic E-state index is 12.3. The first-order valence-corrected chi connectivity index (χ1v) is 37.5. The summed E-state index contributed by atoms with van der Waals surface area (Å²) in [5.41, 5.74) is 7.82. The molecule has 9 aromatic rings. The van der Waals surface area contributed by atoms with Crippen LogP contribution >= 0.6 is 24.6 Å². The van der Waals surface area contributed by atoms with E-state index in [0.29, 0.717) is 96.0 Å². The fourth-order valence-corrected chi connectivity index (χ4v) is 14.4. The average molecular weight is 1600 g/mol. The number of benzene rings is 11. The van der Waals surface area contributed by atoms with E-state index < -0.39 is 59.1 Å². The van der Waals surface area contributed by atoms with Gasteiger partial charge in [-0.1, -0.05) is 67.8 Å². The van der Waals surface area contributed by atoms with Crippen molar-refractivity contribution >= 4 is 131 Å². The number of thiocarbonyl (C=S) groups is 1. The Hall–Kier alpha value is -13.3. The number of carbonyl (C=O) groups is 3. The van der Waals surface area contributed by atoms with E-state index in [4.69, 9.17) is 18.3 Å². The molecule has 8 N–H and O–H groups in total. The van der Waals surface area contributed by atoms with Gasteiger partial charge in [-0.2, -0.15) is 18.4 Å². The van der Waals surface area contributed by atoms with Gasteiger partial charge in [-0.05, 0) is 146 Å². The maximum Gasteiger partial charge on any atom is 0.342 e. The van der Waals surface area contributed by atoms with Crippen LogP contribution in [-0.4, -0.2) is 120 Å². The molecular weight excluding hydrogens is 1530 g/mol. The number of aromatic carboxylic acids is 3. The Kier molecular flexibility index (Phi) is 23.4. The third-order valence-electron chi connectivity index (χ3n) is 18.6. The highest BCUT2D eigenvalue weighted by atomic mass is 35.5. The van der Waals surface area contributed by atoms with Gasteiger partial charge < -0.3 is 63.3 Å². The summed E-state index contributed by atoms with van der Waals surface area (Å²) >= 11 is 4.61. The summed E-state index contributed by atoms with van der Waals surface area (Å²) in [6.45, 7) is 16.2. The van der Waals surface area contributed by atoms with E-state index >= 15 is 0 Å². The van der Waals surface area contributed by atoms with Crippen molar-refractivity contribution in [3.63, 3.8) is 0 Å². The number of aliphatic imine (C=N–C) groups is 1. The van der Waals surface area contributed by atoms with Crippen molar-refractivity contribution < 1.29 is 94.3 Å². The molecule has 25 nitrogen and oxygen atoms in total. The van der Waals surface area contributed by atoms with Crippen LogP contribution in [0.3, 0.4) is 0 Å².